The molecular weight excluding hydrogens is 316 g/mol. The number of rotatable bonds is 6. The monoisotopic (exact) mass is 340 g/mol. The molecule has 6 heteroatoms. The van der Waals surface area contributed by atoms with Gasteiger partial charge in [0, 0.05) is 31.8 Å². The smallest absolute Gasteiger partial charge is 0.321 e. The largest absolute Gasteiger partial charge is 0.384 e. The van der Waals surface area contributed by atoms with Crippen LogP contribution >= 0.6 is 0 Å². The Bertz CT molecular complexity index is 733. The van der Waals surface area contributed by atoms with Gasteiger partial charge in [-0.05, 0) is 24.3 Å². The predicted octanol–water partition coefficient (Wildman–Crippen LogP) is 2.82. The van der Waals surface area contributed by atoms with Crippen LogP contribution in [0.15, 0.2) is 42.7 Å². The van der Waals surface area contributed by atoms with Crippen LogP contribution in [0.1, 0.15) is 18.4 Å². The van der Waals surface area contributed by atoms with Crippen LogP contribution in [0, 0.1) is 11.3 Å². The zero-order valence-corrected chi connectivity index (χ0v) is 14.5. The van der Waals surface area contributed by atoms with Gasteiger partial charge in [0.2, 0.25) is 0 Å². The maximum atomic E-state index is 12.4. The Morgan fingerprint density at radius 1 is 1.32 bits per heavy atom. The first-order valence-electron chi connectivity index (χ1n) is 8.80. The minimum atomic E-state index is -0.0494. The Labute approximate surface area is 147 Å². The molecule has 2 aromatic rings. The molecule has 132 valence electrons. The topological polar surface area (TPSA) is 59.4 Å². The molecule has 0 bridgehead atoms. The van der Waals surface area contributed by atoms with Crippen molar-refractivity contribution in [2.75, 3.05) is 32.1 Å². The summed E-state index contributed by atoms with van der Waals surface area (Å²) in [5.74, 6) is 0.727. The molecule has 4 rings (SSSR count). The molecule has 1 aliphatic heterocycles. The highest BCUT2D eigenvalue weighted by molar-refractivity contribution is 5.89. The Hall–Kier alpha value is -2.34. The maximum Gasteiger partial charge on any atom is 0.321 e. The molecule has 1 saturated heterocycles. The molecule has 2 aliphatic rings. The Balaban J connectivity index is 1.32. The summed E-state index contributed by atoms with van der Waals surface area (Å²) in [4.78, 5) is 14.3. The van der Waals surface area contributed by atoms with Crippen LogP contribution in [0.3, 0.4) is 0 Å². The van der Waals surface area contributed by atoms with Gasteiger partial charge in [-0.15, -0.1) is 0 Å². The summed E-state index contributed by atoms with van der Waals surface area (Å²) in [6, 6.07) is 10.1. The summed E-state index contributed by atoms with van der Waals surface area (Å²) in [6.07, 6.45) is 6.11. The van der Waals surface area contributed by atoms with Gasteiger partial charge in [0.1, 0.15) is 0 Å². The van der Waals surface area contributed by atoms with Crippen LogP contribution < -0.4 is 5.32 Å². The highest BCUT2D eigenvalue weighted by Crippen LogP contribution is 2.51. The van der Waals surface area contributed by atoms with Gasteiger partial charge >= 0.3 is 6.03 Å². The third-order valence-corrected chi connectivity index (χ3v) is 5.25. The number of urea groups is 1. The number of ether oxygens (including phenoxy) is 1. The molecule has 0 unspecified atom stereocenters. The van der Waals surface area contributed by atoms with Crippen molar-refractivity contribution in [3.63, 3.8) is 0 Å². The molecule has 1 aliphatic carbocycles. The van der Waals surface area contributed by atoms with Gasteiger partial charge in [-0.25, -0.2) is 4.79 Å². The van der Waals surface area contributed by atoms with E-state index in [-0.39, 0.29) is 11.4 Å². The molecule has 1 aromatic heterocycles. The quantitative estimate of drug-likeness (QED) is 0.880. The van der Waals surface area contributed by atoms with Crippen LogP contribution in [0.4, 0.5) is 10.5 Å². The van der Waals surface area contributed by atoms with E-state index in [1.54, 1.807) is 13.3 Å². The van der Waals surface area contributed by atoms with Gasteiger partial charge in [0.05, 0.1) is 25.0 Å². The van der Waals surface area contributed by atoms with Crippen molar-refractivity contribution in [3.8, 4) is 0 Å². The Morgan fingerprint density at radius 3 is 2.76 bits per heavy atom. The maximum absolute atomic E-state index is 12.4. The molecule has 0 spiro atoms. The molecular formula is C19H24N4O2. The number of nitrogens with one attached hydrogen (secondary N) is 1. The van der Waals surface area contributed by atoms with Crippen molar-refractivity contribution in [1.82, 2.24) is 14.7 Å². The minimum absolute atomic E-state index is 0.0494. The van der Waals surface area contributed by atoms with Gasteiger partial charge in [-0.2, -0.15) is 5.10 Å². The lowest BCUT2D eigenvalue weighted by molar-refractivity contribution is -0.0438. The molecule has 25 heavy (non-hydrogen) atoms. The van der Waals surface area contributed by atoms with Crippen LogP contribution in [-0.2, 0) is 11.3 Å². The second-order valence-corrected chi connectivity index (χ2v) is 7.27. The number of anilines is 1. The summed E-state index contributed by atoms with van der Waals surface area (Å²) < 4.78 is 7.22. The summed E-state index contributed by atoms with van der Waals surface area (Å²) in [5.41, 5.74) is 2.10. The van der Waals surface area contributed by atoms with Crippen LogP contribution in [-0.4, -0.2) is 47.5 Å². The highest BCUT2D eigenvalue weighted by Gasteiger charge is 2.54. The van der Waals surface area contributed by atoms with E-state index in [1.165, 1.54) is 18.4 Å². The van der Waals surface area contributed by atoms with Crippen molar-refractivity contribution in [2.45, 2.75) is 19.4 Å². The lowest BCUT2D eigenvalue weighted by atomic mass is 9.76. The number of aromatic nitrogens is 2. The van der Waals surface area contributed by atoms with E-state index in [2.05, 4.69) is 22.5 Å². The number of benzene rings is 1. The Kier molecular flexibility index (Phi) is 4.21. The number of methoxy groups -OCH3 is 1. The molecule has 6 nitrogen and oxygen atoms in total. The fourth-order valence-corrected chi connectivity index (χ4v) is 3.80. The van der Waals surface area contributed by atoms with Crippen LogP contribution in [0.25, 0.3) is 0 Å². The van der Waals surface area contributed by atoms with E-state index in [4.69, 9.17) is 4.74 Å². The summed E-state index contributed by atoms with van der Waals surface area (Å²) in [6.45, 7) is 3.01. The zero-order valence-electron chi connectivity index (χ0n) is 14.5. The summed E-state index contributed by atoms with van der Waals surface area (Å²) in [7, 11) is 1.74. The van der Waals surface area contributed by atoms with Crippen molar-refractivity contribution in [3.05, 3.63) is 48.3 Å². The van der Waals surface area contributed by atoms with E-state index in [0.717, 1.165) is 31.3 Å². The lowest BCUT2D eigenvalue weighted by Crippen LogP contribution is -2.62. The average Bonchev–Trinajstić information content (AvgIpc) is 3.34. The molecule has 2 fully saturated rings. The number of carbonyl (C=O) groups excluding carboxylic acids is 1. The van der Waals surface area contributed by atoms with Gasteiger partial charge in [0.15, 0.2) is 0 Å². The fraction of sp³-hybridized carbons (Fsp3) is 0.474. The average molecular weight is 340 g/mol. The molecule has 0 atom stereocenters. The zero-order chi connectivity index (χ0) is 17.3. The number of likely N-dealkylation sites (tertiary alicyclic amines) is 1. The standard InChI is InChI=1S/C19H24N4O2/c1-25-14-19(16-7-8-16)12-22(13-19)18(24)21-17-9-20-23(11-17)10-15-5-3-2-4-6-15/h2-6,9,11,16H,7-8,10,12-14H2,1H3,(H,21,24). The SMILES string of the molecule is COCC1(C2CC2)CN(C(=O)Nc2cnn(Cc3ccccc3)c2)C1. The Morgan fingerprint density at radius 2 is 2.08 bits per heavy atom. The third-order valence-electron chi connectivity index (χ3n) is 5.25. The van der Waals surface area contributed by atoms with Gasteiger partial charge in [0.25, 0.3) is 0 Å². The van der Waals surface area contributed by atoms with E-state index < -0.39 is 0 Å². The van der Waals surface area contributed by atoms with Crippen molar-refractivity contribution in [2.24, 2.45) is 11.3 Å². The highest BCUT2D eigenvalue weighted by atomic mass is 16.5. The minimum Gasteiger partial charge on any atom is -0.384 e. The number of amides is 2. The number of hydrogen-bond donors (Lipinski definition) is 1. The summed E-state index contributed by atoms with van der Waals surface area (Å²) in [5, 5.41) is 7.28. The molecule has 0 radical (unpaired) electrons. The van der Waals surface area contributed by atoms with E-state index >= 15 is 0 Å². The molecule has 1 N–H and O–H groups in total. The lowest BCUT2D eigenvalue weighted by Gasteiger charge is -2.50. The third kappa shape index (κ3) is 3.39. The first-order chi connectivity index (χ1) is 12.2. The fourth-order valence-electron chi connectivity index (χ4n) is 3.80. The normalized spacial score (nSPS) is 18.7. The second-order valence-electron chi connectivity index (χ2n) is 7.27. The van der Waals surface area contributed by atoms with Crippen molar-refractivity contribution < 1.29 is 9.53 Å². The predicted molar refractivity (Wildman–Crippen MR) is 95.4 cm³/mol. The number of hydrogen-bond acceptors (Lipinski definition) is 3. The van der Waals surface area contributed by atoms with Gasteiger partial charge < -0.3 is 15.0 Å². The summed E-state index contributed by atoms with van der Waals surface area (Å²) >= 11 is 0. The first-order valence-corrected chi connectivity index (χ1v) is 8.80. The second kappa shape index (κ2) is 6.52. The number of nitrogens with zero attached hydrogens (tertiary/aromatic N) is 3. The number of carbonyl (C=O) groups is 1. The van der Waals surface area contributed by atoms with Gasteiger partial charge in [-0.1, -0.05) is 30.3 Å². The van der Waals surface area contributed by atoms with E-state index in [0.29, 0.717) is 6.54 Å². The van der Waals surface area contributed by atoms with E-state index in [9.17, 15) is 4.79 Å². The first kappa shape index (κ1) is 16.1. The molecule has 1 saturated carbocycles. The van der Waals surface area contributed by atoms with Crippen LogP contribution in [0.2, 0.25) is 0 Å². The van der Waals surface area contributed by atoms with Crippen LogP contribution in [0.5, 0.6) is 0 Å². The molecule has 2 amide bonds. The molecule has 1 aromatic carbocycles. The van der Waals surface area contributed by atoms with E-state index in [1.807, 2.05) is 34.0 Å². The van der Waals surface area contributed by atoms with Crippen molar-refractivity contribution in [1.29, 1.82) is 0 Å². The van der Waals surface area contributed by atoms with Crippen molar-refractivity contribution >= 4 is 11.7 Å². The molecule has 2 heterocycles. The van der Waals surface area contributed by atoms with Gasteiger partial charge in [-0.3, -0.25) is 4.68 Å².